The lowest BCUT2D eigenvalue weighted by Crippen LogP contribution is -2.30. The summed E-state index contributed by atoms with van der Waals surface area (Å²) >= 11 is 0. The van der Waals surface area contributed by atoms with Crippen molar-refractivity contribution in [1.29, 1.82) is 0 Å². The first-order valence-corrected chi connectivity index (χ1v) is 4.47. The summed E-state index contributed by atoms with van der Waals surface area (Å²) in [5, 5.41) is 9.02. The Morgan fingerprint density at radius 2 is 2.07 bits per heavy atom. The van der Waals surface area contributed by atoms with Gasteiger partial charge in [-0.3, -0.25) is 4.79 Å². The smallest absolute Gasteiger partial charge is 0.313 e. The number of ether oxygens (including phenoxy) is 1. The third kappa shape index (κ3) is 1.93. The maximum atomic E-state index is 13.5. The number of carboxylic acid groups (broad SMARTS) is 1. The van der Waals surface area contributed by atoms with Gasteiger partial charge in [-0.2, -0.15) is 0 Å². The van der Waals surface area contributed by atoms with Crippen LogP contribution in [0.15, 0.2) is 18.2 Å². The monoisotopic (exact) mass is 212 g/mol. The topological polar surface area (TPSA) is 46.5 Å². The van der Waals surface area contributed by atoms with Crippen molar-refractivity contribution < 1.29 is 19.0 Å². The first-order chi connectivity index (χ1) is 6.91. The molecule has 1 rings (SSSR count). The molecule has 1 aromatic rings. The molecule has 0 aliphatic heterocycles. The molecule has 1 N–H and O–H groups in total. The van der Waals surface area contributed by atoms with Crippen LogP contribution in [-0.4, -0.2) is 18.2 Å². The van der Waals surface area contributed by atoms with E-state index in [4.69, 9.17) is 9.84 Å². The van der Waals surface area contributed by atoms with Crippen LogP contribution >= 0.6 is 0 Å². The maximum absolute atomic E-state index is 13.5. The van der Waals surface area contributed by atoms with Crippen molar-refractivity contribution in [3.63, 3.8) is 0 Å². The molecule has 0 bridgehead atoms. The standard InChI is InChI=1S/C11H13FO3/c1-11(2,10(13)14)9-7(12)5-4-6-8(9)15-3/h4-6H,1-3H3,(H,13,14). The van der Waals surface area contributed by atoms with Crippen molar-refractivity contribution in [1.82, 2.24) is 0 Å². The van der Waals surface area contributed by atoms with E-state index in [1.54, 1.807) is 6.07 Å². The van der Waals surface area contributed by atoms with Crippen LogP contribution in [-0.2, 0) is 10.2 Å². The third-order valence-corrected chi connectivity index (χ3v) is 2.35. The molecular weight excluding hydrogens is 199 g/mol. The molecule has 3 nitrogen and oxygen atoms in total. The van der Waals surface area contributed by atoms with Crippen molar-refractivity contribution in [2.24, 2.45) is 0 Å². The molecule has 82 valence electrons. The number of hydrogen-bond donors (Lipinski definition) is 1. The van der Waals surface area contributed by atoms with Crippen LogP contribution in [0.5, 0.6) is 5.75 Å². The second-order valence-electron chi connectivity index (χ2n) is 3.75. The first kappa shape index (κ1) is 11.5. The summed E-state index contributed by atoms with van der Waals surface area (Å²) in [7, 11) is 1.39. The Morgan fingerprint density at radius 1 is 1.47 bits per heavy atom. The van der Waals surface area contributed by atoms with E-state index in [9.17, 15) is 9.18 Å². The van der Waals surface area contributed by atoms with Gasteiger partial charge in [0.1, 0.15) is 11.6 Å². The van der Waals surface area contributed by atoms with Crippen molar-refractivity contribution in [2.75, 3.05) is 7.11 Å². The van der Waals surface area contributed by atoms with Crippen molar-refractivity contribution in [3.8, 4) is 5.75 Å². The van der Waals surface area contributed by atoms with Gasteiger partial charge in [-0.15, -0.1) is 0 Å². The molecule has 0 saturated heterocycles. The summed E-state index contributed by atoms with van der Waals surface area (Å²) in [6.45, 7) is 2.88. The van der Waals surface area contributed by atoms with Crippen molar-refractivity contribution in [3.05, 3.63) is 29.6 Å². The summed E-state index contributed by atoms with van der Waals surface area (Å²) < 4.78 is 18.5. The quantitative estimate of drug-likeness (QED) is 0.835. The van der Waals surface area contributed by atoms with Gasteiger partial charge in [-0.1, -0.05) is 6.07 Å². The summed E-state index contributed by atoms with van der Waals surface area (Å²) in [5.41, 5.74) is -1.24. The minimum atomic E-state index is -1.31. The number of methoxy groups -OCH3 is 1. The van der Waals surface area contributed by atoms with E-state index in [0.29, 0.717) is 0 Å². The highest BCUT2D eigenvalue weighted by atomic mass is 19.1. The molecule has 4 heteroatoms. The van der Waals surface area contributed by atoms with Gasteiger partial charge in [-0.25, -0.2) is 4.39 Å². The molecule has 0 aliphatic carbocycles. The van der Waals surface area contributed by atoms with Crippen LogP contribution < -0.4 is 4.74 Å². The van der Waals surface area contributed by atoms with Crippen LogP contribution in [0.4, 0.5) is 4.39 Å². The largest absolute Gasteiger partial charge is 0.496 e. The van der Waals surface area contributed by atoms with Gasteiger partial charge in [0, 0.05) is 5.56 Å². The fourth-order valence-electron chi connectivity index (χ4n) is 1.39. The molecule has 0 heterocycles. The van der Waals surface area contributed by atoms with Crippen LogP contribution in [0, 0.1) is 5.82 Å². The molecule has 0 amide bonds. The molecule has 0 radical (unpaired) electrons. The van der Waals surface area contributed by atoms with Crippen LogP contribution in [0.1, 0.15) is 19.4 Å². The molecule has 0 fully saturated rings. The van der Waals surface area contributed by atoms with Gasteiger partial charge in [0.2, 0.25) is 0 Å². The highest BCUT2D eigenvalue weighted by Gasteiger charge is 2.35. The number of hydrogen-bond acceptors (Lipinski definition) is 2. The molecule has 0 unspecified atom stereocenters. The number of benzene rings is 1. The predicted octanol–water partition coefficient (Wildman–Crippen LogP) is 2.20. The summed E-state index contributed by atoms with van der Waals surface area (Å²) in [5.74, 6) is -1.41. The molecule has 0 aliphatic rings. The summed E-state index contributed by atoms with van der Waals surface area (Å²) in [4.78, 5) is 11.0. The lowest BCUT2D eigenvalue weighted by atomic mass is 9.84. The minimum absolute atomic E-state index is 0.0694. The van der Waals surface area contributed by atoms with E-state index in [1.165, 1.54) is 33.1 Å². The Hall–Kier alpha value is -1.58. The Kier molecular flexibility index (Phi) is 2.98. The van der Waals surface area contributed by atoms with Gasteiger partial charge in [0.05, 0.1) is 12.5 Å². The van der Waals surface area contributed by atoms with Gasteiger partial charge in [0.25, 0.3) is 0 Å². The average Bonchev–Trinajstić information content (AvgIpc) is 2.16. The number of halogens is 1. The third-order valence-electron chi connectivity index (χ3n) is 2.35. The van der Waals surface area contributed by atoms with E-state index < -0.39 is 17.2 Å². The number of rotatable bonds is 3. The zero-order valence-electron chi connectivity index (χ0n) is 8.87. The van der Waals surface area contributed by atoms with Gasteiger partial charge >= 0.3 is 5.97 Å². The van der Waals surface area contributed by atoms with E-state index >= 15 is 0 Å². The number of carboxylic acids is 1. The second kappa shape index (κ2) is 3.88. The van der Waals surface area contributed by atoms with Crippen LogP contribution in [0.2, 0.25) is 0 Å². The molecule has 15 heavy (non-hydrogen) atoms. The van der Waals surface area contributed by atoms with Gasteiger partial charge in [-0.05, 0) is 26.0 Å². The fourth-order valence-corrected chi connectivity index (χ4v) is 1.39. The van der Waals surface area contributed by atoms with Gasteiger partial charge < -0.3 is 9.84 Å². The maximum Gasteiger partial charge on any atom is 0.313 e. The Labute approximate surface area is 87.5 Å². The van der Waals surface area contributed by atoms with Gasteiger partial charge in [0.15, 0.2) is 0 Å². The molecule has 1 aromatic carbocycles. The molecule has 0 saturated carbocycles. The molecule has 0 spiro atoms. The summed E-state index contributed by atoms with van der Waals surface area (Å²) in [6, 6.07) is 4.25. The minimum Gasteiger partial charge on any atom is -0.496 e. The van der Waals surface area contributed by atoms with E-state index in [2.05, 4.69) is 0 Å². The Morgan fingerprint density at radius 3 is 2.53 bits per heavy atom. The summed E-state index contributed by atoms with van der Waals surface area (Å²) in [6.07, 6.45) is 0. The lowest BCUT2D eigenvalue weighted by molar-refractivity contribution is -0.142. The van der Waals surface area contributed by atoms with Crippen molar-refractivity contribution in [2.45, 2.75) is 19.3 Å². The molecule has 0 atom stereocenters. The fraction of sp³-hybridized carbons (Fsp3) is 0.364. The van der Waals surface area contributed by atoms with Crippen molar-refractivity contribution >= 4 is 5.97 Å². The average molecular weight is 212 g/mol. The molecule has 0 aromatic heterocycles. The Bertz CT molecular complexity index is 385. The molecular formula is C11H13FO3. The van der Waals surface area contributed by atoms with Crippen LogP contribution in [0.25, 0.3) is 0 Å². The second-order valence-corrected chi connectivity index (χ2v) is 3.75. The number of carbonyl (C=O) groups is 1. The first-order valence-electron chi connectivity index (χ1n) is 4.47. The SMILES string of the molecule is COc1cccc(F)c1C(C)(C)C(=O)O. The normalized spacial score (nSPS) is 11.2. The Balaban J connectivity index is 3.41. The highest BCUT2D eigenvalue weighted by molar-refractivity contribution is 5.81. The van der Waals surface area contributed by atoms with Crippen LogP contribution in [0.3, 0.4) is 0 Å². The number of aliphatic carboxylic acids is 1. The van der Waals surface area contributed by atoms with E-state index in [0.717, 1.165) is 0 Å². The highest BCUT2D eigenvalue weighted by Crippen LogP contribution is 2.33. The van der Waals surface area contributed by atoms with E-state index in [1.807, 2.05) is 0 Å². The predicted molar refractivity (Wildman–Crippen MR) is 53.6 cm³/mol. The zero-order chi connectivity index (χ0) is 11.6. The lowest BCUT2D eigenvalue weighted by Gasteiger charge is -2.22. The van der Waals surface area contributed by atoms with E-state index in [-0.39, 0.29) is 11.3 Å². The zero-order valence-corrected chi connectivity index (χ0v) is 8.87.